The Morgan fingerprint density at radius 1 is 1.16 bits per heavy atom. The average molecular weight is 357 g/mol. The maximum atomic E-state index is 12.9. The zero-order chi connectivity index (χ0) is 17.9. The second kappa shape index (κ2) is 7.12. The van der Waals surface area contributed by atoms with E-state index in [1.165, 1.54) is 0 Å². The van der Waals surface area contributed by atoms with Gasteiger partial charge in [0.2, 0.25) is 10.0 Å². The van der Waals surface area contributed by atoms with E-state index < -0.39 is 21.7 Å². The Hall–Kier alpha value is -1.95. The van der Waals surface area contributed by atoms with E-state index in [0.29, 0.717) is 6.61 Å². The molecule has 1 aliphatic rings. The molecule has 0 spiro atoms. The summed E-state index contributed by atoms with van der Waals surface area (Å²) in [5.74, 6) is 0. The van der Waals surface area contributed by atoms with Crippen molar-refractivity contribution in [2.45, 2.75) is 36.3 Å². The van der Waals surface area contributed by atoms with Gasteiger partial charge in [-0.2, -0.15) is 0 Å². The van der Waals surface area contributed by atoms with Gasteiger partial charge in [0.25, 0.3) is 0 Å². The molecule has 0 saturated carbocycles. The standard InChI is InChI=1S/C20H23NO3S/c1-3-20(14-7-15-24-20)19(17-8-5-4-6-9-17)21-25(22,23)18-12-10-16(2)11-13-18/h3-6,8-13,19,21H,1,7,14-15H2,2H3/t19-,20+/m0/s1. The Kier molecular flexibility index (Phi) is 5.08. The molecule has 3 rings (SSSR count). The zero-order valence-electron chi connectivity index (χ0n) is 14.3. The number of aryl methyl sites for hydroxylation is 1. The van der Waals surface area contributed by atoms with Gasteiger partial charge < -0.3 is 4.74 Å². The van der Waals surface area contributed by atoms with E-state index in [-0.39, 0.29) is 4.90 Å². The fourth-order valence-corrected chi connectivity index (χ4v) is 4.50. The Bertz CT molecular complexity index is 823. The average Bonchev–Trinajstić information content (AvgIpc) is 3.11. The first-order valence-electron chi connectivity index (χ1n) is 8.38. The highest BCUT2D eigenvalue weighted by Gasteiger charge is 2.43. The van der Waals surface area contributed by atoms with Crippen LogP contribution in [0.2, 0.25) is 0 Å². The van der Waals surface area contributed by atoms with Crippen molar-refractivity contribution in [2.24, 2.45) is 0 Å². The summed E-state index contributed by atoms with van der Waals surface area (Å²) in [4.78, 5) is 0.247. The lowest BCUT2D eigenvalue weighted by molar-refractivity contribution is 0.0189. The van der Waals surface area contributed by atoms with Crippen molar-refractivity contribution >= 4 is 10.0 Å². The molecule has 1 saturated heterocycles. The third kappa shape index (κ3) is 3.68. The zero-order valence-corrected chi connectivity index (χ0v) is 15.1. The number of hydrogen-bond acceptors (Lipinski definition) is 3. The van der Waals surface area contributed by atoms with Gasteiger partial charge in [-0.1, -0.05) is 54.1 Å². The number of nitrogens with one attached hydrogen (secondary N) is 1. The van der Waals surface area contributed by atoms with Gasteiger partial charge in [0.1, 0.15) is 5.60 Å². The van der Waals surface area contributed by atoms with Gasteiger partial charge >= 0.3 is 0 Å². The van der Waals surface area contributed by atoms with E-state index >= 15 is 0 Å². The minimum Gasteiger partial charge on any atom is -0.369 e. The van der Waals surface area contributed by atoms with Gasteiger partial charge in [-0.25, -0.2) is 13.1 Å². The molecule has 0 unspecified atom stereocenters. The van der Waals surface area contributed by atoms with Crippen molar-refractivity contribution in [3.05, 3.63) is 78.4 Å². The van der Waals surface area contributed by atoms with E-state index in [0.717, 1.165) is 24.0 Å². The van der Waals surface area contributed by atoms with Crippen molar-refractivity contribution in [1.29, 1.82) is 0 Å². The summed E-state index contributed by atoms with van der Waals surface area (Å²) >= 11 is 0. The first-order valence-corrected chi connectivity index (χ1v) is 9.87. The fraction of sp³-hybridized carbons (Fsp3) is 0.300. The van der Waals surface area contributed by atoms with Crippen LogP contribution in [0, 0.1) is 6.92 Å². The highest BCUT2D eigenvalue weighted by atomic mass is 32.2. The van der Waals surface area contributed by atoms with Crippen molar-refractivity contribution < 1.29 is 13.2 Å². The monoisotopic (exact) mass is 357 g/mol. The van der Waals surface area contributed by atoms with Crippen LogP contribution in [0.4, 0.5) is 0 Å². The molecule has 1 N–H and O–H groups in total. The highest BCUT2D eigenvalue weighted by Crippen LogP contribution is 2.39. The molecule has 0 radical (unpaired) electrons. The Labute approximate surface area is 149 Å². The van der Waals surface area contributed by atoms with Gasteiger partial charge in [0.05, 0.1) is 10.9 Å². The van der Waals surface area contributed by atoms with Gasteiger partial charge in [0.15, 0.2) is 0 Å². The summed E-state index contributed by atoms with van der Waals surface area (Å²) in [7, 11) is -3.69. The summed E-state index contributed by atoms with van der Waals surface area (Å²) in [6.07, 6.45) is 3.34. The van der Waals surface area contributed by atoms with Gasteiger partial charge in [-0.3, -0.25) is 0 Å². The predicted molar refractivity (Wildman–Crippen MR) is 98.8 cm³/mol. The second-order valence-electron chi connectivity index (χ2n) is 6.39. The quantitative estimate of drug-likeness (QED) is 0.801. The molecule has 0 aromatic heterocycles. The predicted octanol–water partition coefficient (Wildman–Crippen LogP) is 3.75. The summed E-state index contributed by atoms with van der Waals surface area (Å²) in [6, 6.07) is 15.8. The molecule has 1 heterocycles. The molecule has 2 aromatic rings. The van der Waals surface area contributed by atoms with E-state index in [1.54, 1.807) is 30.3 Å². The van der Waals surface area contributed by atoms with Gasteiger partial charge in [0, 0.05) is 6.61 Å². The third-order valence-corrected chi connectivity index (χ3v) is 6.09. The normalized spacial score (nSPS) is 21.8. The highest BCUT2D eigenvalue weighted by molar-refractivity contribution is 7.89. The number of ether oxygens (including phenoxy) is 1. The molecular formula is C20H23NO3S. The Morgan fingerprint density at radius 2 is 1.84 bits per heavy atom. The second-order valence-corrected chi connectivity index (χ2v) is 8.10. The SMILES string of the molecule is C=C[C@]1([C@@H](NS(=O)(=O)c2ccc(C)cc2)c2ccccc2)CCCO1. The number of rotatable bonds is 6. The first kappa shape index (κ1) is 17.9. The summed E-state index contributed by atoms with van der Waals surface area (Å²) < 4.78 is 34.7. The van der Waals surface area contributed by atoms with Crippen LogP contribution in [0.25, 0.3) is 0 Å². The van der Waals surface area contributed by atoms with Crippen molar-refractivity contribution in [3.63, 3.8) is 0 Å². The van der Waals surface area contributed by atoms with E-state index in [4.69, 9.17) is 4.74 Å². The summed E-state index contributed by atoms with van der Waals surface area (Å²) in [5, 5.41) is 0. The smallest absolute Gasteiger partial charge is 0.241 e. The molecule has 1 aliphatic heterocycles. The van der Waals surface area contributed by atoms with Crippen LogP contribution >= 0.6 is 0 Å². The lowest BCUT2D eigenvalue weighted by atomic mass is 9.87. The van der Waals surface area contributed by atoms with Crippen LogP contribution in [-0.4, -0.2) is 20.6 Å². The molecular weight excluding hydrogens is 334 g/mol. The molecule has 25 heavy (non-hydrogen) atoms. The number of sulfonamides is 1. The van der Waals surface area contributed by atoms with Crippen molar-refractivity contribution in [1.82, 2.24) is 4.72 Å². The summed E-state index contributed by atoms with van der Waals surface area (Å²) in [6.45, 7) is 6.44. The molecule has 132 valence electrons. The first-order chi connectivity index (χ1) is 12.0. The minimum absolute atomic E-state index is 0.247. The van der Waals surface area contributed by atoms with Crippen molar-refractivity contribution in [2.75, 3.05) is 6.61 Å². The third-order valence-electron chi connectivity index (χ3n) is 4.65. The molecule has 1 fully saturated rings. The van der Waals surface area contributed by atoms with Crippen LogP contribution in [0.1, 0.15) is 30.0 Å². The Balaban J connectivity index is 2.00. The lowest BCUT2D eigenvalue weighted by Crippen LogP contribution is -2.44. The fourth-order valence-electron chi connectivity index (χ4n) is 3.23. The molecule has 5 heteroatoms. The van der Waals surface area contributed by atoms with Gasteiger partial charge in [-0.15, -0.1) is 6.58 Å². The maximum Gasteiger partial charge on any atom is 0.241 e. The van der Waals surface area contributed by atoms with Crippen LogP contribution in [-0.2, 0) is 14.8 Å². The lowest BCUT2D eigenvalue weighted by Gasteiger charge is -2.34. The Morgan fingerprint density at radius 3 is 2.40 bits per heavy atom. The number of hydrogen-bond donors (Lipinski definition) is 1. The van der Waals surface area contributed by atoms with E-state index in [1.807, 2.05) is 37.3 Å². The molecule has 2 aromatic carbocycles. The molecule has 0 bridgehead atoms. The van der Waals surface area contributed by atoms with Crippen LogP contribution in [0.5, 0.6) is 0 Å². The van der Waals surface area contributed by atoms with E-state index in [9.17, 15) is 8.42 Å². The molecule has 2 atom stereocenters. The van der Waals surface area contributed by atoms with Crippen molar-refractivity contribution in [3.8, 4) is 0 Å². The molecule has 0 amide bonds. The minimum atomic E-state index is -3.69. The maximum absolute atomic E-state index is 12.9. The number of benzene rings is 2. The topological polar surface area (TPSA) is 55.4 Å². The van der Waals surface area contributed by atoms with Gasteiger partial charge in [-0.05, 0) is 37.5 Å². The largest absolute Gasteiger partial charge is 0.369 e. The van der Waals surface area contributed by atoms with Crippen LogP contribution in [0.15, 0.2) is 72.1 Å². The van der Waals surface area contributed by atoms with Crippen LogP contribution < -0.4 is 4.72 Å². The molecule has 0 aliphatic carbocycles. The summed E-state index contributed by atoms with van der Waals surface area (Å²) in [5.41, 5.74) is 1.14. The van der Waals surface area contributed by atoms with E-state index in [2.05, 4.69) is 11.3 Å². The molecule has 4 nitrogen and oxygen atoms in total. The van der Waals surface area contributed by atoms with Crippen LogP contribution in [0.3, 0.4) is 0 Å².